The van der Waals surface area contributed by atoms with Crippen molar-refractivity contribution in [3.63, 3.8) is 0 Å². The smallest absolute Gasteiger partial charge is 0.277 e. The van der Waals surface area contributed by atoms with E-state index in [9.17, 15) is 4.79 Å². The molecule has 3 aromatic carbocycles. The summed E-state index contributed by atoms with van der Waals surface area (Å²) in [5.74, 6) is 0.670. The molecule has 1 heterocycles. The number of hydrogen-bond acceptors (Lipinski definition) is 5. The van der Waals surface area contributed by atoms with Crippen molar-refractivity contribution in [1.29, 1.82) is 0 Å². The summed E-state index contributed by atoms with van der Waals surface area (Å²) in [5, 5.41) is 9.45. The Bertz CT molecular complexity index is 1340. The van der Waals surface area contributed by atoms with Gasteiger partial charge in [-0.2, -0.15) is 10.2 Å². The average molecular weight is 523 g/mol. The van der Waals surface area contributed by atoms with Crippen LogP contribution in [0.25, 0.3) is 16.9 Å². The van der Waals surface area contributed by atoms with Crippen LogP contribution in [-0.2, 0) is 4.79 Å². The first-order chi connectivity index (χ1) is 17.5. The fourth-order valence-corrected chi connectivity index (χ4v) is 3.64. The molecule has 1 N–H and O–H groups in total. The second-order valence-electron chi connectivity index (χ2n) is 7.72. The van der Waals surface area contributed by atoms with E-state index in [4.69, 9.17) is 37.8 Å². The molecular formula is C27H24Cl2N4O3. The molecule has 0 radical (unpaired) electrons. The lowest BCUT2D eigenvalue weighted by Crippen LogP contribution is -2.24. The van der Waals surface area contributed by atoms with E-state index in [2.05, 4.69) is 17.5 Å². The summed E-state index contributed by atoms with van der Waals surface area (Å²) in [6.45, 7) is 2.45. The average Bonchev–Trinajstić information content (AvgIpc) is 3.33. The summed E-state index contributed by atoms with van der Waals surface area (Å²) in [6, 6.07) is 22.4. The highest BCUT2D eigenvalue weighted by Crippen LogP contribution is 2.31. The molecule has 0 aliphatic carbocycles. The summed E-state index contributed by atoms with van der Waals surface area (Å²) in [7, 11) is 0. The third kappa shape index (κ3) is 6.44. The van der Waals surface area contributed by atoms with E-state index in [-0.39, 0.29) is 11.6 Å². The molecule has 1 amide bonds. The summed E-state index contributed by atoms with van der Waals surface area (Å²) < 4.78 is 12.9. The number of aromatic nitrogens is 2. The zero-order chi connectivity index (χ0) is 25.3. The minimum absolute atomic E-state index is 0.250. The Morgan fingerprint density at radius 1 is 1.03 bits per heavy atom. The van der Waals surface area contributed by atoms with Gasteiger partial charge in [0.05, 0.1) is 23.5 Å². The van der Waals surface area contributed by atoms with Crippen molar-refractivity contribution in [2.75, 3.05) is 13.2 Å². The molecule has 0 atom stereocenters. The van der Waals surface area contributed by atoms with Gasteiger partial charge in [0.1, 0.15) is 22.2 Å². The summed E-state index contributed by atoms with van der Waals surface area (Å²) in [6.07, 6.45) is 4.34. The van der Waals surface area contributed by atoms with E-state index < -0.39 is 5.91 Å². The topological polar surface area (TPSA) is 77.7 Å². The van der Waals surface area contributed by atoms with Crippen LogP contribution in [0.1, 0.15) is 18.9 Å². The van der Waals surface area contributed by atoms with E-state index in [0.717, 1.165) is 29.0 Å². The maximum absolute atomic E-state index is 12.2. The standard InChI is InChI=1S/C27H24Cl2N4O3/c1-2-15-35-22-13-11-19(12-14-22)27-20(17-33(32-27)21-7-4-3-5-8-21)16-30-31-25(34)18-36-24-10-6-9-23(28)26(24)29/h3-14,16-17H,2,15,18H2,1H3,(H,31,34)/b30-16+. The van der Waals surface area contributed by atoms with Crippen LogP contribution in [0.5, 0.6) is 11.5 Å². The molecule has 0 saturated heterocycles. The zero-order valence-electron chi connectivity index (χ0n) is 19.5. The van der Waals surface area contributed by atoms with Gasteiger partial charge in [-0.05, 0) is 55.0 Å². The van der Waals surface area contributed by atoms with E-state index in [1.54, 1.807) is 29.1 Å². The van der Waals surface area contributed by atoms with E-state index in [1.165, 1.54) is 0 Å². The molecule has 0 spiro atoms. The van der Waals surface area contributed by atoms with Crippen LogP contribution in [0.2, 0.25) is 10.0 Å². The van der Waals surface area contributed by atoms with Crippen molar-refractivity contribution in [3.8, 4) is 28.4 Å². The van der Waals surface area contributed by atoms with Gasteiger partial charge in [0, 0.05) is 17.3 Å². The Hall–Kier alpha value is -3.81. The Balaban J connectivity index is 1.50. The minimum atomic E-state index is -0.447. The molecule has 9 heteroatoms. The first kappa shape index (κ1) is 25.3. The van der Waals surface area contributed by atoms with Gasteiger partial charge in [-0.1, -0.05) is 54.4 Å². The molecule has 184 valence electrons. The monoisotopic (exact) mass is 522 g/mol. The molecule has 1 aromatic heterocycles. The lowest BCUT2D eigenvalue weighted by Gasteiger charge is -2.07. The minimum Gasteiger partial charge on any atom is -0.494 e. The molecule has 4 aromatic rings. The number of amides is 1. The largest absolute Gasteiger partial charge is 0.494 e. The molecule has 4 rings (SSSR count). The van der Waals surface area contributed by atoms with Crippen molar-refractivity contribution in [2.45, 2.75) is 13.3 Å². The Morgan fingerprint density at radius 2 is 1.81 bits per heavy atom. The number of para-hydroxylation sites is 1. The molecule has 0 bridgehead atoms. The predicted octanol–water partition coefficient (Wildman–Crippen LogP) is 6.16. The van der Waals surface area contributed by atoms with Crippen molar-refractivity contribution < 1.29 is 14.3 Å². The van der Waals surface area contributed by atoms with Gasteiger partial charge >= 0.3 is 0 Å². The number of carbonyl (C=O) groups excluding carboxylic acids is 1. The highest BCUT2D eigenvalue weighted by atomic mass is 35.5. The number of nitrogens with one attached hydrogen (secondary N) is 1. The molecular weight excluding hydrogens is 499 g/mol. The molecule has 0 unspecified atom stereocenters. The maximum atomic E-state index is 12.2. The number of halogens is 2. The SMILES string of the molecule is CCCOc1ccc(-c2nn(-c3ccccc3)cc2/C=N/NC(=O)COc2cccc(Cl)c2Cl)cc1. The number of rotatable bonds is 10. The first-order valence-electron chi connectivity index (χ1n) is 11.3. The van der Waals surface area contributed by atoms with Crippen LogP contribution in [0.3, 0.4) is 0 Å². The second-order valence-corrected chi connectivity index (χ2v) is 8.50. The van der Waals surface area contributed by atoms with Gasteiger partial charge in [0.2, 0.25) is 0 Å². The predicted molar refractivity (Wildman–Crippen MR) is 142 cm³/mol. The molecule has 0 saturated carbocycles. The number of nitrogens with zero attached hydrogens (tertiary/aromatic N) is 3. The molecule has 0 aliphatic rings. The lowest BCUT2D eigenvalue weighted by molar-refractivity contribution is -0.123. The van der Waals surface area contributed by atoms with Crippen LogP contribution in [-0.4, -0.2) is 35.1 Å². The first-order valence-corrected chi connectivity index (χ1v) is 12.1. The van der Waals surface area contributed by atoms with Crippen molar-refractivity contribution in [1.82, 2.24) is 15.2 Å². The number of benzene rings is 3. The van der Waals surface area contributed by atoms with Gasteiger partial charge in [-0.3, -0.25) is 4.79 Å². The van der Waals surface area contributed by atoms with E-state index in [1.807, 2.05) is 60.8 Å². The van der Waals surface area contributed by atoms with Crippen molar-refractivity contribution in [2.24, 2.45) is 5.10 Å². The number of hydrazone groups is 1. The van der Waals surface area contributed by atoms with Gasteiger partial charge in [0.25, 0.3) is 5.91 Å². The third-order valence-electron chi connectivity index (χ3n) is 5.03. The number of hydrogen-bond donors (Lipinski definition) is 1. The second kappa shape index (κ2) is 12.2. The lowest BCUT2D eigenvalue weighted by atomic mass is 10.1. The highest BCUT2D eigenvalue weighted by Gasteiger charge is 2.12. The normalized spacial score (nSPS) is 11.0. The van der Waals surface area contributed by atoms with Gasteiger partial charge in [-0.15, -0.1) is 0 Å². The summed E-state index contributed by atoms with van der Waals surface area (Å²) in [4.78, 5) is 12.2. The summed E-state index contributed by atoms with van der Waals surface area (Å²) >= 11 is 12.1. The van der Waals surface area contributed by atoms with Crippen molar-refractivity contribution in [3.05, 3.63) is 94.6 Å². The fourth-order valence-electron chi connectivity index (χ4n) is 3.29. The van der Waals surface area contributed by atoms with Gasteiger partial charge in [-0.25, -0.2) is 10.1 Å². The Kier molecular flexibility index (Phi) is 8.60. The number of carbonyl (C=O) groups is 1. The molecule has 36 heavy (non-hydrogen) atoms. The van der Waals surface area contributed by atoms with Crippen LogP contribution in [0, 0.1) is 0 Å². The summed E-state index contributed by atoms with van der Waals surface area (Å²) in [5.41, 5.74) is 5.69. The maximum Gasteiger partial charge on any atom is 0.277 e. The van der Waals surface area contributed by atoms with Crippen LogP contribution in [0.15, 0.2) is 84.1 Å². The van der Waals surface area contributed by atoms with E-state index >= 15 is 0 Å². The fraction of sp³-hybridized carbons (Fsp3) is 0.148. The van der Waals surface area contributed by atoms with Crippen LogP contribution in [0.4, 0.5) is 0 Å². The molecule has 0 fully saturated rings. The Labute approximate surface area is 219 Å². The molecule has 0 aliphatic heterocycles. The van der Waals surface area contributed by atoms with Crippen LogP contribution >= 0.6 is 23.2 Å². The van der Waals surface area contributed by atoms with Gasteiger partial charge in [0.15, 0.2) is 6.61 Å². The van der Waals surface area contributed by atoms with Gasteiger partial charge < -0.3 is 9.47 Å². The van der Waals surface area contributed by atoms with Crippen LogP contribution < -0.4 is 14.9 Å². The number of ether oxygens (including phenoxy) is 2. The van der Waals surface area contributed by atoms with Crippen molar-refractivity contribution >= 4 is 35.3 Å². The third-order valence-corrected chi connectivity index (χ3v) is 5.83. The molecule has 7 nitrogen and oxygen atoms in total. The quantitative estimate of drug-likeness (QED) is 0.199. The zero-order valence-corrected chi connectivity index (χ0v) is 21.0. The van der Waals surface area contributed by atoms with E-state index in [0.29, 0.717) is 23.1 Å². The highest BCUT2D eigenvalue weighted by molar-refractivity contribution is 6.42. The Morgan fingerprint density at radius 3 is 2.56 bits per heavy atom.